The van der Waals surface area contributed by atoms with E-state index >= 15 is 0 Å². The van der Waals surface area contributed by atoms with E-state index in [4.69, 9.17) is 4.74 Å². The van der Waals surface area contributed by atoms with E-state index in [-0.39, 0.29) is 0 Å². The maximum Gasteiger partial charge on any atom is 0.409 e. The van der Waals surface area contributed by atoms with Crippen molar-refractivity contribution in [3.05, 3.63) is 35.9 Å². The molecule has 1 atom stereocenters. The number of nitrogens with one attached hydrogen (secondary N) is 1. The number of aliphatic hydroxyl groups is 1. The van der Waals surface area contributed by atoms with Gasteiger partial charge in [0.15, 0.2) is 0 Å². The normalized spacial score (nSPS) is 14.9. The van der Waals surface area contributed by atoms with Crippen molar-refractivity contribution in [1.29, 1.82) is 0 Å². The van der Waals surface area contributed by atoms with E-state index in [0.29, 0.717) is 6.42 Å². The summed E-state index contributed by atoms with van der Waals surface area (Å²) in [6, 6.07) is 10.2. The number of rotatable bonds is 6. The van der Waals surface area contributed by atoms with E-state index in [9.17, 15) is 9.90 Å². The Labute approximate surface area is 141 Å². The Bertz CT molecular complexity index is 505. The van der Waals surface area contributed by atoms with Gasteiger partial charge in [0.05, 0.1) is 0 Å². The van der Waals surface area contributed by atoms with E-state index in [2.05, 4.69) is 17.4 Å². The lowest BCUT2D eigenvalue weighted by Crippen LogP contribution is -2.64. The predicted molar refractivity (Wildman–Crippen MR) is 97.0 cm³/mol. The third-order valence-corrected chi connectivity index (χ3v) is 6.65. The average Bonchev–Trinajstić information content (AvgIpc) is 2.36. The van der Waals surface area contributed by atoms with Gasteiger partial charge in [-0.3, -0.25) is 5.32 Å². The molecule has 5 heteroatoms. The molecule has 0 spiro atoms. The molecule has 0 saturated carbocycles. The maximum atomic E-state index is 12.1. The molecule has 0 fully saturated rings. The molecule has 0 heterocycles. The fourth-order valence-corrected chi connectivity index (χ4v) is 3.69. The van der Waals surface area contributed by atoms with Crippen molar-refractivity contribution in [2.24, 2.45) is 0 Å². The molecule has 0 saturated heterocycles. The SMILES string of the molecule is CC(C)(C)OC(=O)N[C@](O)(CCCc1ccccc1)[Si](C)(C)C. The van der Waals surface area contributed by atoms with Crippen LogP contribution in [0.15, 0.2) is 30.3 Å². The quantitative estimate of drug-likeness (QED) is 0.607. The highest BCUT2D eigenvalue weighted by molar-refractivity contribution is 6.78. The summed E-state index contributed by atoms with van der Waals surface area (Å²) in [6.45, 7) is 11.6. The molecule has 1 amide bonds. The van der Waals surface area contributed by atoms with Gasteiger partial charge in [-0.15, -0.1) is 0 Å². The molecule has 0 aromatic heterocycles. The molecule has 1 aromatic rings. The summed E-state index contributed by atoms with van der Waals surface area (Å²) in [5.74, 6) is 0. The first-order valence-corrected chi connectivity index (χ1v) is 11.7. The Morgan fingerprint density at radius 2 is 1.74 bits per heavy atom. The molecule has 0 unspecified atom stereocenters. The van der Waals surface area contributed by atoms with Crippen molar-refractivity contribution in [3.8, 4) is 0 Å². The second-order valence-corrected chi connectivity index (χ2v) is 13.4. The van der Waals surface area contributed by atoms with E-state index in [1.165, 1.54) is 5.56 Å². The third kappa shape index (κ3) is 6.75. The Kier molecular flexibility index (Phi) is 6.42. The molecule has 0 aliphatic rings. The third-order valence-electron chi connectivity index (χ3n) is 3.80. The van der Waals surface area contributed by atoms with Gasteiger partial charge >= 0.3 is 6.09 Å². The van der Waals surface area contributed by atoms with Crippen LogP contribution in [0.3, 0.4) is 0 Å². The van der Waals surface area contributed by atoms with Crippen LogP contribution in [0.5, 0.6) is 0 Å². The highest BCUT2D eigenvalue weighted by atomic mass is 28.3. The van der Waals surface area contributed by atoms with Gasteiger partial charge in [0.2, 0.25) is 0 Å². The minimum Gasteiger partial charge on any atom is -0.444 e. The highest BCUT2D eigenvalue weighted by Crippen LogP contribution is 2.25. The lowest BCUT2D eigenvalue weighted by Gasteiger charge is -2.40. The van der Waals surface area contributed by atoms with Gasteiger partial charge < -0.3 is 9.84 Å². The number of ether oxygens (including phenoxy) is 1. The zero-order chi connectivity index (χ0) is 17.7. The van der Waals surface area contributed by atoms with E-state index < -0.39 is 25.1 Å². The Hall–Kier alpha value is -1.33. The van der Waals surface area contributed by atoms with Gasteiger partial charge in [-0.2, -0.15) is 0 Å². The molecule has 0 aliphatic carbocycles. The highest BCUT2D eigenvalue weighted by Gasteiger charge is 2.43. The second kappa shape index (κ2) is 7.49. The number of alkyl carbamates (subject to hydrolysis) is 1. The summed E-state index contributed by atoms with van der Waals surface area (Å²) >= 11 is 0. The molecule has 4 nitrogen and oxygen atoms in total. The number of hydrogen-bond donors (Lipinski definition) is 2. The Morgan fingerprint density at radius 1 is 1.17 bits per heavy atom. The number of carbonyl (C=O) groups is 1. The topological polar surface area (TPSA) is 58.6 Å². The van der Waals surface area contributed by atoms with Crippen LogP contribution >= 0.6 is 0 Å². The molecule has 0 aliphatic heterocycles. The van der Waals surface area contributed by atoms with Crippen molar-refractivity contribution in [1.82, 2.24) is 5.32 Å². The standard InChI is InChI=1S/C18H31NO3Si/c1-17(2,3)22-16(20)19-18(21,23(4,5)6)14-10-13-15-11-8-7-9-12-15/h7-9,11-12,21H,10,13-14H2,1-6H3,(H,19,20)/t18-/m0/s1. The molecule has 0 bridgehead atoms. The molecule has 1 aromatic carbocycles. The van der Waals surface area contributed by atoms with Gasteiger partial charge in [0.1, 0.15) is 19.0 Å². The first-order valence-electron chi connectivity index (χ1n) is 8.20. The molecule has 1 rings (SSSR count). The van der Waals surface area contributed by atoms with Crippen molar-refractivity contribution < 1.29 is 14.6 Å². The fourth-order valence-electron chi connectivity index (χ4n) is 2.29. The first-order chi connectivity index (χ1) is 10.4. The molecular formula is C18H31NO3Si. The monoisotopic (exact) mass is 337 g/mol. The largest absolute Gasteiger partial charge is 0.444 e. The van der Waals surface area contributed by atoms with Crippen LogP contribution in [-0.4, -0.2) is 30.2 Å². The Morgan fingerprint density at radius 3 is 2.22 bits per heavy atom. The molecule has 23 heavy (non-hydrogen) atoms. The van der Waals surface area contributed by atoms with Crippen LogP contribution < -0.4 is 5.32 Å². The van der Waals surface area contributed by atoms with Gasteiger partial charge in [-0.1, -0.05) is 50.0 Å². The molecule has 0 radical (unpaired) electrons. The van der Waals surface area contributed by atoms with Crippen LogP contribution in [0.1, 0.15) is 39.2 Å². The Balaban J connectivity index is 2.69. The first kappa shape index (κ1) is 19.7. The van der Waals surface area contributed by atoms with Crippen LogP contribution in [0.4, 0.5) is 4.79 Å². The molecule has 2 N–H and O–H groups in total. The van der Waals surface area contributed by atoms with Gasteiger partial charge in [0.25, 0.3) is 0 Å². The second-order valence-electron chi connectivity index (χ2n) is 8.08. The fraction of sp³-hybridized carbons (Fsp3) is 0.611. The zero-order valence-electron chi connectivity index (χ0n) is 15.3. The van der Waals surface area contributed by atoms with Crippen molar-refractivity contribution >= 4 is 14.2 Å². The summed E-state index contributed by atoms with van der Waals surface area (Å²) in [5.41, 5.74) is 0.664. The summed E-state index contributed by atoms with van der Waals surface area (Å²) in [5, 5.41) is 12.6. The van der Waals surface area contributed by atoms with Crippen molar-refractivity contribution in [3.63, 3.8) is 0 Å². The van der Waals surface area contributed by atoms with Crippen molar-refractivity contribution in [2.75, 3.05) is 0 Å². The van der Waals surface area contributed by atoms with Gasteiger partial charge in [-0.05, 0) is 45.6 Å². The minimum absolute atomic E-state index is 0.525. The number of hydrogen-bond acceptors (Lipinski definition) is 3. The summed E-state index contributed by atoms with van der Waals surface area (Å²) in [4.78, 5) is 12.1. The minimum atomic E-state index is -2.04. The number of carbonyl (C=O) groups excluding carboxylic acids is 1. The summed E-state index contributed by atoms with van der Waals surface area (Å²) in [7, 11) is -2.04. The van der Waals surface area contributed by atoms with Crippen molar-refractivity contribution in [2.45, 2.75) is 70.6 Å². The van der Waals surface area contributed by atoms with Gasteiger partial charge in [-0.25, -0.2) is 4.79 Å². The molecular weight excluding hydrogens is 306 g/mol. The summed E-state index contributed by atoms with van der Waals surface area (Å²) < 4.78 is 5.31. The smallest absolute Gasteiger partial charge is 0.409 e. The lowest BCUT2D eigenvalue weighted by atomic mass is 10.1. The van der Waals surface area contributed by atoms with Crippen LogP contribution in [-0.2, 0) is 11.2 Å². The number of aryl methyl sites for hydroxylation is 1. The number of benzene rings is 1. The van der Waals surface area contributed by atoms with E-state index in [0.717, 1.165) is 12.8 Å². The molecule has 130 valence electrons. The predicted octanol–water partition coefficient (Wildman–Crippen LogP) is 4.10. The van der Waals surface area contributed by atoms with Crippen LogP contribution in [0.25, 0.3) is 0 Å². The number of amides is 1. The summed E-state index contributed by atoms with van der Waals surface area (Å²) in [6.07, 6.45) is 1.66. The average molecular weight is 338 g/mol. The maximum absolute atomic E-state index is 12.1. The van der Waals surface area contributed by atoms with Gasteiger partial charge in [0, 0.05) is 0 Å². The lowest BCUT2D eigenvalue weighted by molar-refractivity contribution is 0.0180. The van der Waals surface area contributed by atoms with Crippen LogP contribution in [0, 0.1) is 0 Å². The van der Waals surface area contributed by atoms with E-state index in [1.54, 1.807) is 0 Å². The van der Waals surface area contributed by atoms with Crippen LogP contribution in [0.2, 0.25) is 19.6 Å². The van der Waals surface area contributed by atoms with E-state index in [1.807, 2.05) is 58.6 Å². The zero-order valence-corrected chi connectivity index (χ0v) is 16.3.